The molecular formula is C36H35FN4O3. The van der Waals surface area contributed by atoms with Gasteiger partial charge < -0.3 is 4.74 Å². The van der Waals surface area contributed by atoms with Crippen LogP contribution in [0.2, 0.25) is 0 Å². The van der Waals surface area contributed by atoms with E-state index in [0.717, 1.165) is 5.56 Å². The molecule has 0 bridgehead atoms. The van der Waals surface area contributed by atoms with Gasteiger partial charge in [-0.1, -0.05) is 74.2 Å². The van der Waals surface area contributed by atoms with Crippen molar-refractivity contribution in [3.63, 3.8) is 0 Å². The van der Waals surface area contributed by atoms with Crippen LogP contribution in [0, 0.1) is 5.92 Å². The van der Waals surface area contributed by atoms with Crippen LogP contribution < -0.4 is 5.69 Å². The number of halogens is 1. The van der Waals surface area contributed by atoms with Crippen molar-refractivity contribution in [1.29, 1.82) is 0 Å². The summed E-state index contributed by atoms with van der Waals surface area (Å²) in [5.74, 6) is -0.468. The molecule has 5 rings (SSSR count). The minimum absolute atomic E-state index is 0.102. The maximum Gasteiger partial charge on any atom is 0.355 e. The number of fused-ring (bicyclic) bond motifs is 1. The molecule has 2 atom stereocenters. The zero-order valence-electron chi connectivity index (χ0n) is 25.0. The first-order valence-electron chi connectivity index (χ1n) is 14.8. The summed E-state index contributed by atoms with van der Waals surface area (Å²) in [6.07, 6.45) is 6.38. The number of esters is 1. The number of aryl methyl sites for hydroxylation is 1. The lowest BCUT2D eigenvalue weighted by Gasteiger charge is -2.21. The lowest BCUT2D eigenvalue weighted by atomic mass is 9.87. The highest BCUT2D eigenvalue weighted by molar-refractivity contribution is 6.11. The second-order valence-corrected chi connectivity index (χ2v) is 10.6. The summed E-state index contributed by atoms with van der Waals surface area (Å²) in [5.41, 5.74) is 3.67. The smallest absolute Gasteiger partial charge is 0.355 e. The van der Waals surface area contributed by atoms with Crippen LogP contribution in [0.5, 0.6) is 0 Å². The molecular weight excluding hydrogens is 555 g/mol. The van der Waals surface area contributed by atoms with Crippen molar-refractivity contribution in [2.75, 3.05) is 6.61 Å². The number of carbonyl (C=O) groups is 1. The van der Waals surface area contributed by atoms with E-state index in [2.05, 4.69) is 18.1 Å². The van der Waals surface area contributed by atoms with Crippen LogP contribution in [0.3, 0.4) is 0 Å². The molecule has 2 heterocycles. The van der Waals surface area contributed by atoms with Gasteiger partial charge in [0.2, 0.25) is 0 Å². The topological polar surface area (TPSA) is 86.4 Å². The number of aromatic nitrogens is 3. The van der Waals surface area contributed by atoms with Crippen molar-refractivity contribution in [3.05, 3.63) is 119 Å². The Morgan fingerprint density at radius 2 is 1.86 bits per heavy atom. The molecule has 4 aromatic rings. The predicted molar refractivity (Wildman–Crippen MR) is 174 cm³/mol. The molecule has 0 saturated carbocycles. The Morgan fingerprint density at radius 1 is 1.16 bits per heavy atom. The van der Waals surface area contributed by atoms with Crippen LogP contribution in [-0.2, 0) is 11.2 Å². The van der Waals surface area contributed by atoms with Crippen molar-refractivity contribution in [2.24, 2.45) is 10.9 Å². The minimum atomic E-state index is -1.11. The van der Waals surface area contributed by atoms with E-state index in [1.54, 1.807) is 6.08 Å². The van der Waals surface area contributed by atoms with Crippen molar-refractivity contribution < 1.29 is 13.9 Å². The van der Waals surface area contributed by atoms with Gasteiger partial charge in [0.25, 0.3) is 0 Å². The molecule has 8 heteroatoms. The van der Waals surface area contributed by atoms with E-state index in [0.29, 0.717) is 70.5 Å². The summed E-state index contributed by atoms with van der Waals surface area (Å²) in [6, 6.07) is 18.6. The SMILES string of the molecule is C=CCCOC(=O)c1c(CC)nc2c(c(N=C3C=CC(C(=C)C(C)F)CC3)nc(=O)n2-c2ccccc2)c1-c1ccccc1. The van der Waals surface area contributed by atoms with Gasteiger partial charge in [-0.25, -0.2) is 28.5 Å². The van der Waals surface area contributed by atoms with E-state index < -0.39 is 17.8 Å². The van der Waals surface area contributed by atoms with Gasteiger partial charge in [0.15, 0.2) is 11.5 Å². The van der Waals surface area contributed by atoms with E-state index in [4.69, 9.17) is 14.7 Å². The first-order chi connectivity index (χ1) is 21.3. The predicted octanol–water partition coefficient (Wildman–Crippen LogP) is 7.70. The Morgan fingerprint density at radius 3 is 2.48 bits per heavy atom. The maximum absolute atomic E-state index is 13.9. The van der Waals surface area contributed by atoms with Crippen LogP contribution in [0.1, 0.15) is 49.2 Å². The monoisotopic (exact) mass is 590 g/mol. The van der Waals surface area contributed by atoms with E-state index in [-0.39, 0.29) is 18.3 Å². The van der Waals surface area contributed by atoms with Crippen molar-refractivity contribution in [3.8, 4) is 16.8 Å². The highest BCUT2D eigenvalue weighted by Gasteiger charge is 2.28. The Balaban J connectivity index is 1.85. The third-order valence-electron chi connectivity index (χ3n) is 7.72. The van der Waals surface area contributed by atoms with Gasteiger partial charge in [-0.05, 0) is 62.0 Å². The first-order valence-corrected chi connectivity index (χ1v) is 14.8. The summed E-state index contributed by atoms with van der Waals surface area (Å²) >= 11 is 0. The van der Waals surface area contributed by atoms with Crippen molar-refractivity contribution >= 4 is 28.5 Å². The lowest BCUT2D eigenvalue weighted by Crippen LogP contribution is -2.24. The van der Waals surface area contributed by atoms with Crippen molar-refractivity contribution in [2.45, 2.75) is 45.7 Å². The van der Waals surface area contributed by atoms with Crippen LogP contribution in [0.4, 0.5) is 10.2 Å². The number of pyridine rings is 1. The van der Waals surface area contributed by atoms with Gasteiger partial charge in [-0.15, -0.1) is 6.58 Å². The zero-order valence-corrected chi connectivity index (χ0v) is 25.0. The molecule has 0 radical (unpaired) electrons. The molecule has 0 spiro atoms. The van der Waals surface area contributed by atoms with Gasteiger partial charge >= 0.3 is 11.7 Å². The van der Waals surface area contributed by atoms with Gasteiger partial charge in [0.05, 0.1) is 28.9 Å². The Kier molecular flexibility index (Phi) is 9.38. The number of hydrogen-bond acceptors (Lipinski definition) is 6. The van der Waals surface area contributed by atoms with Gasteiger partial charge in [-0.2, -0.15) is 4.98 Å². The summed E-state index contributed by atoms with van der Waals surface area (Å²) in [5, 5.41) is 0.456. The van der Waals surface area contributed by atoms with E-state index in [9.17, 15) is 14.0 Å². The molecule has 1 aliphatic carbocycles. The maximum atomic E-state index is 13.9. The number of allylic oxidation sites excluding steroid dienone is 3. The fourth-order valence-corrected chi connectivity index (χ4v) is 5.39. The summed E-state index contributed by atoms with van der Waals surface area (Å²) < 4.78 is 21.1. The molecule has 2 aromatic heterocycles. The number of para-hydroxylation sites is 1. The molecule has 0 fully saturated rings. The summed E-state index contributed by atoms with van der Waals surface area (Å²) in [4.78, 5) is 41.8. The third-order valence-corrected chi connectivity index (χ3v) is 7.72. The largest absolute Gasteiger partial charge is 0.462 e. The summed E-state index contributed by atoms with van der Waals surface area (Å²) in [7, 11) is 0. The lowest BCUT2D eigenvalue weighted by molar-refractivity contribution is 0.0511. The second kappa shape index (κ2) is 13.5. The van der Waals surface area contributed by atoms with Crippen LogP contribution >= 0.6 is 0 Å². The third kappa shape index (κ3) is 6.20. The number of aliphatic imine (C=N–C) groups is 1. The molecule has 0 N–H and O–H groups in total. The fourth-order valence-electron chi connectivity index (χ4n) is 5.39. The molecule has 224 valence electrons. The first kappa shape index (κ1) is 30.5. The van der Waals surface area contributed by atoms with E-state index >= 15 is 0 Å². The zero-order chi connectivity index (χ0) is 31.2. The molecule has 2 unspecified atom stereocenters. The molecule has 0 amide bonds. The average Bonchev–Trinajstić information content (AvgIpc) is 3.04. The second-order valence-electron chi connectivity index (χ2n) is 10.6. The van der Waals surface area contributed by atoms with Gasteiger partial charge in [-0.3, -0.25) is 0 Å². The van der Waals surface area contributed by atoms with Gasteiger partial charge in [0, 0.05) is 17.2 Å². The minimum Gasteiger partial charge on any atom is -0.462 e. The molecule has 0 saturated heterocycles. The number of carbonyl (C=O) groups excluding carboxylic acids is 1. The number of ether oxygens (including phenoxy) is 1. The Labute approximate surface area is 256 Å². The van der Waals surface area contributed by atoms with E-state index in [1.165, 1.54) is 11.5 Å². The molecule has 44 heavy (non-hydrogen) atoms. The Bertz CT molecular complexity index is 1830. The Hall–Kier alpha value is -4.98. The average molecular weight is 591 g/mol. The highest BCUT2D eigenvalue weighted by atomic mass is 19.1. The quantitative estimate of drug-likeness (QED) is 0.107. The normalized spacial score (nSPS) is 16.2. The molecule has 7 nitrogen and oxygen atoms in total. The van der Waals surface area contributed by atoms with Gasteiger partial charge in [0.1, 0.15) is 6.17 Å². The van der Waals surface area contributed by atoms with Crippen LogP contribution in [-0.4, -0.2) is 39.0 Å². The van der Waals surface area contributed by atoms with Crippen LogP contribution in [0.15, 0.2) is 107 Å². The number of benzene rings is 2. The molecule has 0 aliphatic heterocycles. The van der Waals surface area contributed by atoms with Crippen molar-refractivity contribution in [1.82, 2.24) is 14.5 Å². The fraction of sp³-hybridized carbons (Fsp3) is 0.250. The number of rotatable bonds is 10. The number of alkyl halides is 1. The highest BCUT2D eigenvalue weighted by Crippen LogP contribution is 2.39. The van der Waals surface area contributed by atoms with Crippen LogP contribution in [0.25, 0.3) is 27.8 Å². The standard InChI is InChI=1S/C36H35FN4O3/c1-5-7-22-44-35(42)31-29(6-2)39-34-32(30(31)26-14-10-8-11-15-26)33(40-36(43)41(34)28-16-12-9-13-17-28)38-27-20-18-25(19-21-27)23(3)24(4)37/h5,8-18,20,24-25H,1,3,6-7,19,21-22H2,2,4H3. The number of hydrogen-bond donors (Lipinski definition) is 0. The molecule has 1 aliphatic rings. The summed E-state index contributed by atoms with van der Waals surface area (Å²) in [6.45, 7) is 11.2. The molecule has 2 aromatic carbocycles. The number of nitrogens with zero attached hydrogens (tertiary/aromatic N) is 4. The van der Waals surface area contributed by atoms with E-state index in [1.807, 2.05) is 79.7 Å².